The largest absolute Gasteiger partial charge is 0.477 e. The molecule has 1 aromatic heterocycles. The summed E-state index contributed by atoms with van der Waals surface area (Å²) in [4.78, 5) is 15.1. The van der Waals surface area contributed by atoms with Gasteiger partial charge in [-0.25, -0.2) is 4.79 Å². The monoisotopic (exact) mass is 487 g/mol. The molecule has 2 heterocycles. The summed E-state index contributed by atoms with van der Waals surface area (Å²) in [5.74, 6) is 0.495. The lowest BCUT2D eigenvalue weighted by atomic mass is 10.0. The van der Waals surface area contributed by atoms with Crippen LogP contribution in [0.5, 0.6) is 5.75 Å². The van der Waals surface area contributed by atoms with Crippen LogP contribution in [0.15, 0.2) is 40.9 Å². The van der Waals surface area contributed by atoms with Gasteiger partial charge >= 0.3 is 5.97 Å². The van der Waals surface area contributed by atoms with Crippen LogP contribution in [-0.4, -0.2) is 35.8 Å². The fourth-order valence-corrected chi connectivity index (χ4v) is 4.41. The number of hydrogen-bond donors (Lipinski definition) is 1. The lowest BCUT2D eigenvalue weighted by molar-refractivity contribution is 0.0527. The molecular formula is C24H30BrN3O3. The summed E-state index contributed by atoms with van der Waals surface area (Å²) in [6.07, 6.45) is 0. The van der Waals surface area contributed by atoms with E-state index in [0.717, 1.165) is 38.1 Å². The summed E-state index contributed by atoms with van der Waals surface area (Å²) in [6.45, 7) is 7.88. The van der Waals surface area contributed by atoms with Crippen molar-refractivity contribution in [1.82, 2.24) is 9.47 Å². The normalized spacial score (nSPS) is 13.1. The predicted molar refractivity (Wildman–Crippen MR) is 129 cm³/mol. The van der Waals surface area contributed by atoms with Crippen LogP contribution < -0.4 is 10.1 Å². The molecule has 0 fully saturated rings. The highest BCUT2D eigenvalue weighted by Gasteiger charge is 2.29. The van der Waals surface area contributed by atoms with Gasteiger partial charge < -0.3 is 19.4 Å². The van der Waals surface area contributed by atoms with Crippen molar-refractivity contribution in [2.75, 3.05) is 25.7 Å². The second-order valence-electron chi connectivity index (χ2n) is 7.17. The first-order valence-electron chi connectivity index (χ1n) is 10.6. The molecule has 7 heteroatoms. The van der Waals surface area contributed by atoms with E-state index in [1.807, 2.05) is 71.3 Å². The molecule has 1 aliphatic heterocycles. The Bertz CT molecular complexity index is 1060. The van der Waals surface area contributed by atoms with Crippen molar-refractivity contribution in [3.8, 4) is 5.75 Å². The van der Waals surface area contributed by atoms with Gasteiger partial charge in [-0.2, -0.15) is 0 Å². The molecule has 4 rings (SSSR count). The molecule has 0 spiro atoms. The van der Waals surface area contributed by atoms with Crippen LogP contribution >= 0.6 is 15.9 Å². The molecule has 1 N–H and O–H groups in total. The molecule has 0 saturated carbocycles. The number of anilines is 1. The molecule has 2 aromatic carbocycles. The zero-order valence-corrected chi connectivity index (χ0v) is 20.4. The standard InChI is InChI=1S/C22H24BrN3O3.C2H6/c1-4-28-22(27)20-18(11-24-14-8-6-5-7-9-14)26(3)17-10-16(23)21-15(19(17)20)12-25(2)13-29-21;1-2/h5-10,24H,4,11-13H2,1-3H3;1-2H3. The van der Waals surface area contributed by atoms with Gasteiger partial charge in [0.05, 0.1) is 34.4 Å². The lowest BCUT2D eigenvalue weighted by Crippen LogP contribution is -2.28. The number of esters is 1. The lowest BCUT2D eigenvalue weighted by Gasteiger charge is -2.27. The topological polar surface area (TPSA) is 55.7 Å². The number of halogens is 1. The second kappa shape index (κ2) is 10.2. The number of nitrogens with one attached hydrogen (secondary N) is 1. The fourth-order valence-electron chi connectivity index (χ4n) is 3.84. The van der Waals surface area contributed by atoms with Crippen molar-refractivity contribution in [3.63, 3.8) is 0 Å². The molecule has 0 unspecified atom stereocenters. The number of aromatic nitrogens is 1. The van der Waals surface area contributed by atoms with Crippen molar-refractivity contribution in [2.45, 2.75) is 33.9 Å². The Morgan fingerprint density at radius 3 is 2.61 bits per heavy atom. The number of nitrogens with zero attached hydrogens (tertiary/aromatic N) is 2. The van der Waals surface area contributed by atoms with Crippen LogP contribution in [-0.2, 0) is 24.9 Å². The van der Waals surface area contributed by atoms with E-state index in [1.165, 1.54) is 0 Å². The molecule has 166 valence electrons. The summed E-state index contributed by atoms with van der Waals surface area (Å²) < 4.78 is 14.4. The third kappa shape index (κ3) is 4.57. The third-order valence-corrected chi connectivity index (χ3v) is 5.78. The Balaban J connectivity index is 0.00000132. The van der Waals surface area contributed by atoms with Gasteiger partial charge in [-0.05, 0) is 48.1 Å². The minimum atomic E-state index is -0.305. The van der Waals surface area contributed by atoms with E-state index in [-0.39, 0.29) is 5.97 Å². The summed E-state index contributed by atoms with van der Waals surface area (Å²) in [7, 11) is 3.99. The van der Waals surface area contributed by atoms with Crippen molar-refractivity contribution in [3.05, 3.63) is 57.7 Å². The highest BCUT2D eigenvalue weighted by molar-refractivity contribution is 9.10. The van der Waals surface area contributed by atoms with E-state index in [2.05, 4.69) is 30.7 Å². The molecule has 0 radical (unpaired) electrons. The minimum Gasteiger partial charge on any atom is -0.477 e. The van der Waals surface area contributed by atoms with E-state index >= 15 is 0 Å². The number of rotatable bonds is 5. The number of ether oxygens (including phenoxy) is 2. The summed E-state index contributed by atoms with van der Waals surface area (Å²) in [5.41, 5.74) is 4.47. The van der Waals surface area contributed by atoms with Gasteiger partial charge in [-0.1, -0.05) is 32.0 Å². The van der Waals surface area contributed by atoms with Gasteiger partial charge in [0.1, 0.15) is 12.5 Å². The van der Waals surface area contributed by atoms with Crippen molar-refractivity contribution >= 4 is 38.5 Å². The smallest absolute Gasteiger partial charge is 0.340 e. The van der Waals surface area contributed by atoms with Gasteiger partial charge in [0.15, 0.2) is 0 Å². The number of fused-ring (bicyclic) bond motifs is 3. The number of carbonyl (C=O) groups is 1. The molecule has 0 saturated heterocycles. The Hall–Kier alpha value is -2.51. The number of benzene rings is 2. The van der Waals surface area contributed by atoms with E-state index in [9.17, 15) is 4.79 Å². The highest BCUT2D eigenvalue weighted by atomic mass is 79.9. The fraction of sp³-hybridized carbons (Fsp3) is 0.375. The first-order chi connectivity index (χ1) is 15.0. The molecule has 6 nitrogen and oxygen atoms in total. The van der Waals surface area contributed by atoms with Crippen LogP contribution in [0.3, 0.4) is 0 Å². The van der Waals surface area contributed by atoms with Crippen LogP contribution in [0.4, 0.5) is 5.69 Å². The zero-order valence-electron chi connectivity index (χ0n) is 18.8. The molecule has 3 aromatic rings. The van der Waals surface area contributed by atoms with Crippen molar-refractivity contribution in [1.29, 1.82) is 0 Å². The van der Waals surface area contributed by atoms with E-state index in [1.54, 1.807) is 0 Å². The number of carbonyl (C=O) groups excluding carboxylic acids is 1. The SMILES string of the molecule is CC.CCOC(=O)c1c(CNc2ccccc2)n(C)c2cc(Br)c3c(c12)CN(C)CO3. The van der Waals surface area contributed by atoms with Crippen LogP contribution in [0, 0.1) is 0 Å². The third-order valence-electron chi connectivity index (χ3n) is 5.19. The molecule has 0 amide bonds. The summed E-state index contributed by atoms with van der Waals surface area (Å²) in [5, 5.41) is 4.32. The average Bonchev–Trinajstić information content (AvgIpc) is 3.06. The predicted octanol–water partition coefficient (Wildman–Crippen LogP) is 5.54. The molecule has 0 aliphatic carbocycles. The maximum atomic E-state index is 13.0. The number of aryl methyl sites for hydroxylation is 1. The molecular weight excluding hydrogens is 458 g/mol. The van der Waals surface area contributed by atoms with Crippen molar-refractivity contribution < 1.29 is 14.3 Å². The zero-order chi connectivity index (χ0) is 22.5. The van der Waals surface area contributed by atoms with Gasteiger partial charge in [0.25, 0.3) is 0 Å². The molecule has 1 aliphatic rings. The van der Waals surface area contributed by atoms with E-state index in [0.29, 0.717) is 32.0 Å². The van der Waals surface area contributed by atoms with Crippen LogP contribution in [0.25, 0.3) is 10.9 Å². The van der Waals surface area contributed by atoms with Gasteiger partial charge in [-0.15, -0.1) is 0 Å². The maximum absolute atomic E-state index is 13.0. The summed E-state index contributed by atoms with van der Waals surface area (Å²) in [6, 6.07) is 12.0. The minimum absolute atomic E-state index is 0.305. The molecule has 0 atom stereocenters. The van der Waals surface area contributed by atoms with Crippen LogP contribution in [0.2, 0.25) is 0 Å². The second-order valence-corrected chi connectivity index (χ2v) is 8.02. The maximum Gasteiger partial charge on any atom is 0.340 e. The van der Waals surface area contributed by atoms with Gasteiger partial charge in [0.2, 0.25) is 0 Å². The van der Waals surface area contributed by atoms with E-state index < -0.39 is 0 Å². The van der Waals surface area contributed by atoms with Crippen LogP contribution in [0.1, 0.15) is 42.4 Å². The Morgan fingerprint density at radius 2 is 1.94 bits per heavy atom. The first kappa shape index (κ1) is 23.2. The first-order valence-corrected chi connectivity index (χ1v) is 11.4. The summed E-state index contributed by atoms with van der Waals surface area (Å²) >= 11 is 3.65. The van der Waals surface area contributed by atoms with Crippen molar-refractivity contribution in [2.24, 2.45) is 7.05 Å². The Labute approximate surface area is 192 Å². The Morgan fingerprint density at radius 1 is 1.23 bits per heavy atom. The van der Waals surface area contributed by atoms with Gasteiger partial charge in [-0.3, -0.25) is 4.90 Å². The van der Waals surface area contributed by atoms with Gasteiger partial charge in [0, 0.05) is 30.2 Å². The molecule has 31 heavy (non-hydrogen) atoms. The number of hydrogen-bond acceptors (Lipinski definition) is 5. The number of para-hydroxylation sites is 1. The molecule has 0 bridgehead atoms. The average molecular weight is 488 g/mol. The Kier molecular flexibility index (Phi) is 7.62. The quantitative estimate of drug-likeness (QED) is 0.478. The highest BCUT2D eigenvalue weighted by Crippen LogP contribution is 2.42. The van der Waals surface area contributed by atoms with E-state index in [4.69, 9.17) is 9.47 Å².